The van der Waals surface area contributed by atoms with Gasteiger partial charge in [0.25, 0.3) is 0 Å². The monoisotopic (exact) mass is 531 g/mol. The van der Waals surface area contributed by atoms with Crippen LogP contribution in [0.25, 0.3) is 0 Å². The van der Waals surface area contributed by atoms with E-state index in [1.54, 1.807) is 4.68 Å². The van der Waals surface area contributed by atoms with Crippen molar-refractivity contribution in [1.29, 1.82) is 0 Å². The van der Waals surface area contributed by atoms with Gasteiger partial charge in [-0.2, -0.15) is 4.68 Å². The van der Waals surface area contributed by atoms with E-state index in [2.05, 4.69) is 36.8 Å². The molecule has 0 bridgehead atoms. The van der Waals surface area contributed by atoms with Gasteiger partial charge in [0.2, 0.25) is 5.95 Å². The molecular weight excluding hydrogens is 510 g/mol. The number of tetrazole rings is 1. The average molecular weight is 532 g/mol. The molecule has 4 aromatic rings. The van der Waals surface area contributed by atoms with Crippen LogP contribution in [0.1, 0.15) is 29.7 Å². The van der Waals surface area contributed by atoms with Crippen molar-refractivity contribution in [1.82, 2.24) is 20.2 Å². The highest BCUT2D eigenvalue weighted by Crippen LogP contribution is 2.35. The summed E-state index contributed by atoms with van der Waals surface area (Å²) < 4.78 is 14.2. The van der Waals surface area contributed by atoms with E-state index in [1.165, 1.54) is 0 Å². The van der Waals surface area contributed by atoms with E-state index in [9.17, 15) is 4.79 Å². The number of fused-ring (bicyclic) bond motifs is 1. The third-order valence-corrected chi connectivity index (χ3v) is 6.13. The highest BCUT2D eigenvalue weighted by molar-refractivity contribution is 9.10. The lowest BCUT2D eigenvalue weighted by atomic mass is 9.95. The average Bonchev–Trinajstić information content (AvgIpc) is 3.34. The van der Waals surface area contributed by atoms with Crippen LogP contribution < -0.4 is 10.1 Å². The number of ether oxygens (including phenoxy) is 2. The summed E-state index contributed by atoms with van der Waals surface area (Å²) in [7, 11) is 0. The van der Waals surface area contributed by atoms with Gasteiger partial charge >= 0.3 is 5.97 Å². The predicted molar refractivity (Wildman–Crippen MR) is 133 cm³/mol. The van der Waals surface area contributed by atoms with E-state index in [1.807, 2.05) is 85.8 Å². The maximum absolute atomic E-state index is 13.2. The van der Waals surface area contributed by atoms with Gasteiger partial charge in [-0.15, -0.1) is 0 Å². The van der Waals surface area contributed by atoms with Crippen LogP contribution in [-0.2, 0) is 22.7 Å². The van der Waals surface area contributed by atoms with Crippen molar-refractivity contribution in [2.24, 2.45) is 0 Å². The second-order valence-electron chi connectivity index (χ2n) is 8.06. The molecule has 0 amide bonds. The van der Waals surface area contributed by atoms with Crippen molar-refractivity contribution >= 4 is 27.8 Å². The lowest BCUT2D eigenvalue weighted by Crippen LogP contribution is -2.29. The summed E-state index contributed by atoms with van der Waals surface area (Å²) in [6.07, 6.45) is 0. The molecule has 1 aromatic heterocycles. The van der Waals surface area contributed by atoms with Crippen LogP contribution in [0.3, 0.4) is 0 Å². The molecule has 1 N–H and O–H groups in total. The number of hydrogen-bond acceptors (Lipinski definition) is 7. The molecule has 0 aliphatic carbocycles. The number of nitrogens with zero attached hydrogens (tertiary/aromatic N) is 4. The topological polar surface area (TPSA) is 91.2 Å². The number of carbonyl (C=O) groups excluding carboxylic acids is 1. The van der Waals surface area contributed by atoms with Crippen LogP contribution in [0.5, 0.6) is 5.75 Å². The Morgan fingerprint density at radius 3 is 2.54 bits per heavy atom. The lowest BCUT2D eigenvalue weighted by Gasteiger charge is -2.27. The van der Waals surface area contributed by atoms with Gasteiger partial charge < -0.3 is 14.8 Å². The van der Waals surface area contributed by atoms with Gasteiger partial charge in [0.1, 0.15) is 25.0 Å². The highest BCUT2D eigenvalue weighted by atomic mass is 79.9. The molecule has 0 saturated carbocycles. The number of esters is 1. The molecule has 5 rings (SSSR count). The fourth-order valence-electron chi connectivity index (χ4n) is 3.93. The first-order valence-electron chi connectivity index (χ1n) is 11.0. The lowest BCUT2D eigenvalue weighted by molar-refractivity contribution is -0.140. The van der Waals surface area contributed by atoms with Crippen molar-refractivity contribution in [3.05, 3.63) is 111 Å². The molecule has 0 saturated heterocycles. The standard InChI is InChI=1S/C26H22BrN5O3/c1-17-23(25(33)35-15-18-6-3-2-4-7-18)24(32-26(28-17)29-30-31-32)20-10-12-22(13-11-20)34-16-19-8-5-9-21(27)14-19/h2-14,24H,15-16H2,1H3,(H,28,29,31). The summed E-state index contributed by atoms with van der Waals surface area (Å²) in [4.78, 5) is 13.2. The zero-order chi connectivity index (χ0) is 24.2. The van der Waals surface area contributed by atoms with Gasteiger partial charge in [-0.25, -0.2) is 4.79 Å². The van der Waals surface area contributed by atoms with E-state index in [0.29, 0.717) is 29.6 Å². The van der Waals surface area contributed by atoms with Crippen LogP contribution in [0.4, 0.5) is 5.95 Å². The summed E-state index contributed by atoms with van der Waals surface area (Å²) in [5.41, 5.74) is 3.89. The number of carbonyl (C=O) groups is 1. The fourth-order valence-corrected chi connectivity index (χ4v) is 4.37. The smallest absolute Gasteiger partial charge is 0.338 e. The summed E-state index contributed by atoms with van der Waals surface area (Å²) >= 11 is 3.48. The molecule has 0 radical (unpaired) electrons. The molecule has 1 aliphatic rings. The Labute approximate surface area is 210 Å². The molecule has 3 aromatic carbocycles. The van der Waals surface area contributed by atoms with E-state index in [-0.39, 0.29) is 6.61 Å². The van der Waals surface area contributed by atoms with Crippen LogP contribution in [0.2, 0.25) is 0 Å². The Bertz CT molecular complexity index is 1370. The first-order chi connectivity index (χ1) is 17.1. The van der Waals surface area contributed by atoms with E-state index in [4.69, 9.17) is 9.47 Å². The number of benzene rings is 3. The minimum absolute atomic E-state index is 0.175. The maximum Gasteiger partial charge on any atom is 0.338 e. The van der Waals surface area contributed by atoms with Gasteiger partial charge in [-0.3, -0.25) is 0 Å². The van der Waals surface area contributed by atoms with Gasteiger partial charge in [0, 0.05) is 10.2 Å². The Balaban J connectivity index is 1.37. The highest BCUT2D eigenvalue weighted by Gasteiger charge is 2.35. The molecule has 176 valence electrons. The normalized spacial score (nSPS) is 14.7. The molecule has 9 heteroatoms. The van der Waals surface area contributed by atoms with E-state index < -0.39 is 12.0 Å². The molecule has 8 nitrogen and oxygen atoms in total. The first-order valence-corrected chi connectivity index (χ1v) is 11.8. The largest absolute Gasteiger partial charge is 0.489 e. The second-order valence-corrected chi connectivity index (χ2v) is 8.98. The van der Waals surface area contributed by atoms with Crippen molar-refractivity contribution in [3.63, 3.8) is 0 Å². The molecule has 1 aliphatic heterocycles. The molecule has 2 heterocycles. The minimum atomic E-state index is -0.538. The number of hydrogen-bond donors (Lipinski definition) is 1. The summed E-state index contributed by atoms with van der Waals surface area (Å²) in [5, 5.41) is 15.0. The number of aromatic nitrogens is 4. The molecule has 35 heavy (non-hydrogen) atoms. The van der Waals surface area contributed by atoms with Gasteiger partial charge in [-0.05, 0) is 58.3 Å². The fraction of sp³-hybridized carbons (Fsp3) is 0.154. The zero-order valence-corrected chi connectivity index (χ0v) is 20.5. The quantitative estimate of drug-likeness (QED) is 0.333. The molecule has 1 unspecified atom stereocenters. The molecule has 1 atom stereocenters. The SMILES string of the molecule is CC1=C(C(=O)OCc2ccccc2)C(c2ccc(OCc3cccc(Br)c3)cc2)n2nnnc2N1. The van der Waals surface area contributed by atoms with Gasteiger partial charge in [-0.1, -0.05) is 75.6 Å². The molecular formula is C26H22BrN5O3. The summed E-state index contributed by atoms with van der Waals surface area (Å²) in [6.45, 7) is 2.44. The number of rotatable bonds is 7. The van der Waals surface area contributed by atoms with Crippen molar-refractivity contribution in [2.75, 3.05) is 5.32 Å². The molecule has 0 fully saturated rings. The van der Waals surface area contributed by atoms with Crippen LogP contribution in [0.15, 0.2) is 94.6 Å². The van der Waals surface area contributed by atoms with Crippen molar-refractivity contribution in [2.45, 2.75) is 26.2 Å². The molecule has 0 spiro atoms. The number of anilines is 1. The van der Waals surface area contributed by atoms with Crippen molar-refractivity contribution < 1.29 is 14.3 Å². The summed E-state index contributed by atoms with van der Waals surface area (Å²) in [5.74, 6) is 0.746. The minimum Gasteiger partial charge on any atom is -0.489 e. The third kappa shape index (κ3) is 5.09. The first kappa shape index (κ1) is 22.8. The van der Waals surface area contributed by atoms with Crippen molar-refractivity contribution in [3.8, 4) is 5.75 Å². The Morgan fingerprint density at radius 1 is 1.00 bits per heavy atom. The zero-order valence-electron chi connectivity index (χ0n) is 18.9. The van der Waals surface area contributed by atoms with Gasteiger partial charge in [0.05, 0.1) is 5.57 Å². The van der Waals surface area contributed by atoms with E-state index in [0.717, 1.165) is 21.2 Å². The third-order valence-electron chi connectivity index (χ3n) is 5.64. The van der Waals surface area contributed by atoms with Crippen LogP contribution in [-0.4, -0.2) is 26.2 Å². The second kappa shape index (κ2) is 10.1. The van der Waals surface area contributed by atoms with Gasteiger partial charge in [0.15, 0.2) is 0 Å². The Morgan fingerprint density at radius 2 is 1.77 bits per heavy atom. The summed E-state index contributed by atoms with van der Waals surface area (Å²) in [6, 6.07) is 24.6. The van der Waals surface area contributed by atoms with E-state index >= 15 is 0 Å². The number of allylic oxidation sites excluding steroid dienone is 1. The maximum atomic E-state index is 13.2. The Kier molecular flexibility index (Phi) is 6.58. The predicted octanol–water partition coefficient (Wildman–Crippen LogP) is 5.05. The van der Waals surface area contributed by atoms with Crippen LogP contribution in [0, 0.1) is 0 Å². The Hall–Kier alpha value is -3.98. The van der Waals surface area contributed by atoms with Crippen LogP contribution >= 0.6 is 15.9 Å². The number of nitrogens with one attached hydrogen (secondary N) is 1. The number of halogens is 1.